The number of benzene rings is 2. The zero-order valence-electron chi connectivity index (χ0n) is 18.4. The number of unbranched alkanes of at least 4 members (excludes halogenated alkanes) is 1. The first-order chi connectivity index (χ1) is 15.7. The lowest BCUT2D eigenvalue weighted by Crippen LogP contribution is -2.40. The van der Waals surface area contributed by atoms with Crippen LogP contribution >= 0.6 is 0 Å². The summed E-state index contributed by atoms with van der Waals surface area (Å²) >= 11 is 0. The van der Waals surface area contributed by atoms with Gasteiger partial charge in [0.2, 0.25) is 0 Å². The van der Waals surface area contributed by atoms with Crippen molar-refractivity contribution in [3.05, 3.63) is 60.4 Å². The Morgan fingerprint density at radius 1 is 1.03 bits per heavy atom. The lowest BCUT2D eigenvalue weighted by molar-refractivity contribution is -0.131. The van der Waals surface area contributed by atoms with Gasteiger partial charge in [0.1, 0.15) is 17.7 Å². The summed E-state index contributed by atoms with van der Waals surface area (Å²) in [6.45, 7) is 2.76. The maximum atomic E-state index is 13.4. The van der Waals surface area contributed by atoms with Gasteiger partial charge >= 0.3 is 0 Å². The Kier molecular flexibility index (Phi) is 5.55. The van der Waals surface area contributed by atoms with E-state index in [-0.39, 0.29) is 5.91 Å². The molecule has 1 spiro atoms. The van der Waals surface area contributed by atoms with Crippen molar-refractivity contribution in [3.8, 4) is 16.8 Å². The number of nitrogens with zero attached hydrogens (tertiary/aromatic N) is 6. The highest BCUT2D eigenvalue weighted by atomic mass is 16.2. The van der Waals surface area contributed by atoms with Crippen LogP contribution < -0.4 is 0 Å². The van der Waals surface area contributed by atoms with Crippen LogP contribution in [0.25, 0.3) is 16.8 Å². The summed E-state index contributed by atoms with van der Waals surface area (Å²) in [5, 5.41) is 11.5. The lowest BCUT2D eigenvalue weighted by atomic mass is 9.98. The Hall–Kier alpha value is -3.35. The number of amidine groups is 1. The maximum Gasteiger partial charge on any atom is 0.256 e. The van der Waals surface area contributed by atoms with Crippen molar-refractivity contribution in [1.29, 1.82) is 0 Å². The van der Waals surface area contributed by atoms with Gasteiger partial charge in [-0.3, -0.25) is 14.7 Å². The van der Waals surface area contributed by atoms with Crippen LogP contribution in [0.3, 0.4) is 0 Å². The molecule has 5 rings (SSSR count). The van der Waals surface area contributed by atoms with Gasteiger partial charge in [0.15, 0.2) is 0 Å². The zero-order valence-corrected chi connectivity index (χ0v) is 18.4. The summed E-state index contributed by atoms with van der Waals surface area (Å²) in [5.74, 6) is 1.18. The van der Waals surface area contributed by atoms with Crippen molar-refractivity contribution in [3.63, 3.8) is 0 Å². The second kappa shape index (κ2) is 8.65. The molecular weight excluding hydrogens is 400 g/mol. The second-order valence-corrected chi connectivity index (χ2v) is 8.73. The molecule has 1 aromatic heterocycles. The van der Waals surface area contributed by atoms with Crippen LogP contribution in [0.15, 0.2) is 59.9 Å². The predicted octanol–water partition coefficient (Wildman–Crippen LogP) is 4.57. The van der Waals surface area contributed by atoms with Gasteiger partial charge in [0, 0.05) is 12.0 Å². The zero-order chi connectivity index (χ0) is 22.0. The molecule has 7 heteroatoms. The predicted molar refractivity (Wildman–Crippen MR) is 123 cm³/mol. The van der Waals surface area contributed by atoms with Gasteiger partial charge in [-0.2, -0.15) is 4.68 Å². The topological polar surface area (TPSA) is 76.3 Å². The lowest BCUT2D eigenvalue weighted by Gasteiger charge is -2.23. The molecule has 1 fully saturated rings. The van der Waals surface area contributed by atoms with E-state index < -0.39 is 5.54 Å². The number of rotatable bonds is 7. The minimum absolute atomic E-state index is 0.203. The van der Waals surface area contributed by atoms with Crippen molar-refractivity contribution < 1.29 is 4.79 Å². The van der Waals surface area contributed by atoms with Gasteiger partial charge in [-0.25, -0.2) is 0 Å². The summed E-state index contributed by atoms with van der Waals surface area (Å²) < 4.78 is 1.67. The summed E-state index contributed by atoms with van der Waals surface area (Å²) in [4.78, 5) is 20.3. The molecule has 0 unspecified atom stereocenters. The third-order valence-electron chi connectivity index (χ3n) is 6.59. The van der Waals surface area contributed by atoms with Gasteiger partial charge < -0.3 is 0 Å². The first-order valence-electron chi connectivity index (χ1n) is 11.5. The smallest absolute Gasteiger partial charge is 0.256 e. The van der Waals surface area contributed by atoms with Crippen LogP contribution in [0.1, 0.15) is 57.4 Å². The van der Waals surface area contributed by atoms with Crippen molar-refractivity contribution in [2.45, 2.75) is 64.0 Å². The Morgan fingerprint density at radius 2 is 1.81 bits per heavy atom. The van der Waals surface area contributed by atoms with Gasteiger partial charge in [0.25, 0.3) is 5.91 Å². The molecule has 0 atom stereocenters. The number of aromatic nitrogens is 4. The highest BCUT2D eigenvalue weighted by Crippen LogP contribution is 2.40. The molecule has 32 heavy (non-hydrogen) atoms. The molecule has 1 saturated carbocycles. The number of hydrogen-bond donors (Lipinski definition) is 0. The molecule has 3 aromatic rings. The van der Waals surface area contributed by atoms with E-state index in [1.54, 1.807) is 11.0 Å². The number of amides is 1. The molecule has 0 bridgehead atoms. The highest BCUT2D eigenvalue weighted by Gasteiger charge is 2.49. The molecule has 7 nitrogen and oxygen atoms in total. The number of carbonyl (C=O) groups excluding carboxylic acids is 1. The standard InChI is InChI=1S/C25H28N6O/c1-2-3-10-23-27-25(15-6-7-16-25)24(32)30(23)17-19-11-13-20(14-12-19)21-8-4-5-9-22(21)31-18-26-28-29-31/h4-5,8-9,11-14,18H,2-3,6-7,10,15-17H2,1H3. The van der Waals surface area contributed by atoms with Crippen LogP contribution in [0.4, 0.5) is 0 Å². The molecule has 164 valence electrons. The third kappa shape index (κ3) is 3.72. The van der Waals surface area contributed by atoms with Gasteiger partial charge in [-0.05, 0) is 46.9 Å². The fraction of sp³-hybridized carbons (Fsp3) is 0.400. The van der Waals surface area contributed by atoms with Crippen LogP contribution in [0.2, 0.25) is 0 Å². The molecule has 0 N–H and O–H groups in total. The number of tetrazole rings is 1. The Bertz CT molecular complexity index is 1110. The van der Waals surface area contributed by atoms with Crippen molar-refractivity contribution in [2.75, 3.05) is 0 Å². The molecule has 0 saturated heterocycles. The molecule has 2 aromatic carbocycles. The average molecular weight is 429 g/mol. The van der Waals surface area contributed by atoms with Crippen LogP contribution in [0, 0.1) is 0 Å². The van der Waals surface area contributed by atoms with Crippen LogP contribution in [0.5, 0.6) is 0 Å². The third-order valence-corrected chi connectivity index (χ3v) is 6.59. The molecule has 2 aliphatic rings. The van der Waals surface area contributed by atoms with Crippen molar-refractivity contribution in [1.82, 2.24) is 25.1 Å². The Morgan fingerprint density at radius 3 is 2.53 bits per heavy atom. The molecule has 1 aliphatic carbocycles. The minimum atomic E-state index is -0.478. The fourth-order valence-electron chi connectivity index (χ4n) is 4.86. The van der Waals surface area contributed by atoms with Gasteiger partial charge in [-0.1, -0.05) is 68.7 Å². The molecule has 2 heterocycles. The van der Waals surface area contributed by atoms with E-state index in [1.165, 1.54) is 0 Å². The number of aliphatic imine (C=N–C) groups is 1. The second-order valence-electron chi connectivity index (χ2n) is 8.73. The maximum absolute atomic E-state index is 13.4. The van der Waals surface area contributed by atoms with E-state index in [9.17, 15) is 4.79 Å². The van der Waals surface area contributed by atoms with Crippen LogP contribution in [-0.2, 0) is 11.3 Å². The van der Waals surface area contributed by atoms with E-state index in [2.05, 4.69) is 52.8 Å². The van der Waals surface area contributed by atoms with E-state index in [0.29, 0.717) is 6.54 Å². The molecule has 0 radical (unpaired) electrons. The summed E-state index contributed by atoms with van der Waals surface area (Å²) in [5.41, 5.74) is 3.70. The number of hydrogen-bond acceptors (Lipinski definition) is 5. The monoisotopic (exact) mass is 428 g/mol. The molecular formula is C25H28N6O. The largest absolute Gasteiger partial charge is 0.294 e. The van der Waals surface area contributed by atoms with E-state index >= 15 is 0 Å². The Balaban J connectivity index is 1.38. The van der Waals surface area contributed by atoms with Gasteiger partial charge in [-0.15, -0.1) is 5.10 Å². The SMILES string of the molecule is CCCCC1=NC2(CCCC2)C(=O)N1Cc1ccc(-c2ccccc2-n2cnnn2)cc1. The number of para-hydroxylation sites is 1. The summed E-state index contributed by atoms with van der Waals surface area (Å²) in [7, 11) is 0. The number of carbonyl (C=O) groups is 1. The van der Waals surface area contributed by atoms with E-state index in [0.717, 1.165) is 73.2 Å². The first-order valence-corrected chi connectivity index (χ1v) is 11.5. The normalized spacial score (nSPS) is 17.3. The minimum Gasteiger partial charge on any atom is -0.294 e. The molecule has 1 amide bonds. The average Bonchev–Trinajstić information content (AvgIpc) is 3.58. The summed E-state index contributed by atoms with van der Waals surface area (Å²) in [6.07, 6.45) is 8.62. The van der Waals surface area contributed by atoms with E-state index in [1.807, 2.05) is 23.1 Å². The van der Waals surface area contributed by atoms with Gasteiger partial charge in [0.05, 0.1) is 12.2 Å². The van der Waals surface area contributed by atoms with Crippen LogP contribution in [-0.4, -0.2) is 42.4 Å². The van der Waals surface area contributed by atoms with E-state index in [4.69, 9.17) is 4.99 Å². The van der Waals surface area contributed by atoms with Crippen molar-refractivity contribution >= 4 is 11.7 Å². The fourth-order valence-corrected chi connectivity index (χ4v) is 4.86. The highest BCUT2D eigenvalue weighted by molar-refractivity contribution is 6.08. The Labute approximate surface area is 188 Å². The first kappa shape index (κ1) is 20.5. The quantitative estimate of drug-likeness (QED) is 0.552. The molecule has 1 aliphatic heterocycles. The van der Waals surface area contributed by atoms with Crippen molar-refractivity contribution in [2.24, 2.45) is 4.99 Å². The summed E-state index contributed by atoms with van der Waals surface area (Å²) in [6, 6.07) is 16.5.